The standard InChI is InChI=1S/C18H28N6O3S/c1-23(2)28(26,27)20-11-6-12-24-16(25)10-9-14-13-19-18(22-17(14)24)21-15-7-4-3-5-8-15/h9-10,13,15,20H,3-8,11-12H2,1-2H3,(H,19,21,22). The van der Waals surface area contributed by atoms with Crippen molar-refractivity contribution in [3.05, 3.63) is 28.7 Å². The maximum absolute atomic E-state index is 12.4. The van der Waals surface area contributed by atoms with Crippen LogP contribution in [0.15, 0.2) is 23.1 Å². The minimum atomic E-state index is -3.47. The molecule has 0 spiro atoms. The molecule has 0 bridgehead atoms. The zero-order valence-electron chi connectivity index (χ0n) is 16.4. The normalized spacial score (nSPS) is 16.0. The fourth-order valence-electron chi connectivity index (χ4n) is 3.35. The van der Waals surface area contributed by atoms with E-state index in [9.17, 15) is 13.2 Å². The van der Waals surface area contributed by atoms with Crippen molar-refractivity contribution in [2.75, 3.05) is 26.0 Å². The van der Waals surface area contributed by atoms with E-state index >= 15 is 0 Å². The number of fused-ring (bicyclic) bond motifs is 1. The molecule has 2 heterocycles. The number of nitrogens with one attached hydrogen (secondary N) is 2. The van der Waals surface area contributed by atoms with Gasteiger partial charge in [0, 0.05) is 50.9 Å². The van der Waals surface area contributed by atoms with Crippen molar-refractivity contribution >= 4 is 27.2 Å². The third-order valence-corrected chi connectivity index (χ3v) is 6.52. The summed E-state index contributed by atoms with van der Waals surface area (Å²) in [5.74, 6) is 0.534. The van der Waals surface area contributed by atoms with Crippen molar-refractivity contribution in [1.29, 1.82) is 0 Å². The minimum Gasteiger partial charge on any atom is -0.351 e. The summed E-state index contributed by atoms with van der Waals surface area (Å²) in [6, 6.07) is 3.58. The number of hydrogen-bond donors (Lipinski definition) is 2. The smallest absolute Gasteiger partial charge is 0.278 e. The summed E-state index contributed by atoms with van der Waals surface area (Å²) in [4.78, 5) is 21.3. The third-order valence-electron chi connectivity index (χ3n) is 4.99. The summed E-state index contributed by atoms with van der Waals surface area (Å²) in [7, 11) is -0.533. The molecule has 1 saturated carbocycles. The molecule has 154 valence electrons. The van der Waals surface area contributed by atoms with Gasteiger partial charge in [-0.3, -0.25) is 9.36 Å². The van der Waals surface area contributed by atoms with Gasteiger partial charge in [0.05, 0.1) is 0 Å². The van der Waals surface area contributed by atoms with Gasteiger partial charge in [-0.1, -0.05) is 19.3 Å². The Kier molecular flexibility index (Phi) is 6.63. The van der Waals surface area contributed by atoms with Crippen LogP contribution in [0.2, 0.25) is 0 Å². The lowest BCUT2D eigenvalue weighted by molar-refractivity contribution is 0.461. The average molecular weight is 409 g/mol. The minimum absolute atomic E-state index is 0.162. The van der Waals surface area contributed by atoms with Crippen LogP contribution < -0.4 is 15.6 Å². The van der Waals surface area contributed by atoms with Gasteiger partial charge in [0.2, 0.25) is 5.95 Å². The maximum atomic E-state index is 12.4. The summed E-state index contributed by atoms with van der Waals surface area (Å²) < 4.78 is 28.7. The molecule has 2 aromatic heterocycles. The predicted octanol–water partition coefficient (Wildman–Crippen LogP) is 1.32. The molecule has 3 rings (SSSR count). The highest BCUT2D eigenvalue weighted by molar-refractivity contribution is 7.87. The number of rotatable bonds is 8. The van der Waals surface area contributed by atoms with Crippen LogP contribution in [0.1, 0.15) is 38.5 Å². The van der Waals surface area contributed by atoms with Crippen molar-refractivity contribution in [1.82, 2.24) is 23.6 Å². The number of anilines is 1. The number of aromatic nitrogens is 3. The van der Waals surface area contributed by atoms with Gasteiger partial charge in [-0.2, -0.15) is 17.7 Å². The second kappa shape index (κ2) is 8.97. The van der Waals surface area contributed by atoms with E-state index in [-0.39, 0.29) is 12.1 Å². The molecule has 9 nitrogen and oxygen atoms in total. The SMILES string of the molecule is CN(C)S(=O)(=O)NCCCn1c(=O)ccc2cnc(NC3CCCCC3)nc21. The Morgan fingerprint density at radius 2 is 1.96 bits per heavy atom. The lowest BCUT2D eigenvalue weighted by atomic mass is 9.96. The first-order valence-corrected chi connectivity index (χ1v) is 11.1. The van der Waals surface area contributed by atoms with E-state index in [1.165, 1.54) is 39.4 Å². The molecular weight excluding hydrogens is 380 g/mol. The molecular formula is C18H28N6O3S. The first-order valence-electron chi connectivity index (χ1n) is 9.67. The molecule has 1 fully saturated rings. The van der Waals surface area contributed by atoms with E-state index in [1.807, 2.05) is 0 Å². The molecule has 0 amide bonds. The van der Waals surface area contributed by atoms with Gasteiger partial charge in [0.1, 0.15) is 5.65 Å². The van der Waals surface area contributed by atoms with Crippen LogP contribution in [0.25, 0.3) is 11.0 Å². The quantitative estimate of drug-likeness (QED) is 0.638. The first-order chi connectivity index (χ1) is 13.4. The van der Waals surface area contributed by atoms with Gasteiger partial charge >= 0.3 is 0 Å². The lowest BCUT2D eigenvalue weighted by Crippen LogP contribution is -2.36. The molecule has 0 atom stereocenters. The lowest BCUT2D eigenvalue weighted by Gasteiger charge is -2.22. The molecule has 0 unspecified atom stereocenters. The Bertz CT molecular complexity index is 967. The van der Waals surface area contributed by atoms with Crippen LogP contribution in [0.4, 0.5) is 5.95 Å². The predicted molar refractivity (Wildman–Crippen MR) is 110 cm³/mol. The number of hydrogen-bond acceptors (Lipinski definition) is 6. The van der Waals surface area contributed by atoms with Gasteiger partial charge in [0.25, 0.3) is 15.8 Å². The van der Waals surface area contributed by atoms with Crippen molar-refractivity contribution in [2.24, 2.45) is 0 Å². The van der Waals surface area contributed by atoms with Crippen LogP contribution in [0, 0.1) is 0 Å². The molecule has 0 aliphatic heterocycles. The molecule has 2 N–H and O–H groups in total. The zero-order chi connectivity index (χ0) is 20.1. The van der Waals surface area contributed by atoms with E-state index in [0.717, 1.165) is 22.5 Å². The Hall–Kier alpha value is -2.04. The van der Waals surface area contributed by atoms with Gasteiger partial charge in [-0.15, -0.1) is 0 Å². The van der Waals surface area contributed by atoms with Gasteiger partial charge in [-0.25, -0.2) is 9.71 Å². The molecule has 2 aromatic rings. The summed E-state index contributed by atoms with van der Waals surface area (Å²) in [6.45, 7) is 0.605. The highest BCUT2D eigenvalue weighted by Gasteiger charge is 2.15. The molecule has 0 radical (unpaired) electrons. The fraction of sp³-hybridized carbons (Fsp3) is 0.611. The van der Waals surface area contributed by atoms with Gasteiger partial charge in [-0.05, 0) is 25.3 Å². The van der Waals surface area contributed by atoms with Crippen LogP contribution >= 0.6 is 0 Å². The largest absolute Gasteiger partial charge is 0.351 e. The number of pyridine rings is 1. The Morgan fingerprint density at radius 3 is 2.68 bits per heavy atom. The van der Waals surface area contributed by atoms with Crippen LogP contribution in [0.3, 0.4) is 0 Å². The van der Waals surface area contributed by atoms with E-state index in [0.29, 0.717) is 30.6 Å². The summed E-state index contributed by atoms with van der Waals surface area (Å²) in [5, 5.41) is 4.16. The van der Waals surface area contributed by atoms with E-state index in [1.54, 1.807) is 16.8 Å². The van der Waals surface area contributed by atoms with Gasteiger partial charge in [0.15, 0.2) is 0 Å². The maximum Gasteiger partial charge on any atom is 0.278 e. The van der Waals surface area contributed by atoms with Crippen molar-refractivity contribution in [2.45, 2.75) is 51.1 Å². The molecule has 10 heteroatoms. The fourth-order valence-corrected chi connectivity index (χ4v) is 4.01. The van der Waals surface area contributed by atoms with Crippen molar-refractivity contribution < 1.29 is 8.42 Å². The number of nitrogens with zero attached hydrogens (tertiary/aromatic N) is 4. The Morgan fingerprint density at radius 1 is 1.21 bits per heavy atom. The summed E-state index contributed by atoms with van der Waals surface area (Å²) in [6.07, 6.45) is 8.09. The Balaban J connectivity index is 1.74. The van der Waals surface area contributed by atoms with Crippen molar-refractivity contribution in [3.63, 3.8) is 0 Å². The van der Waals surface area contributed by atoms with Gasteiger partial charge < -0.3 is 5.32 Å². The first kappa shape index (κ1) is 20.7. The van der Waals surface area contributed by atoms with Crippen LogP contribution in [-0.2, 0) is 16.8 Å². The molecule has 0 saturated heterocycles. The third kappa shape index (κ3) is 5.06. The van der Waals surface area contributed by atoms with Crippen LogP contribution in [-0.4, -0.2) is 53.9 Å². The second-order valence-corrected chi connectivity index (χ2v) is 9.28. The molecule has 1 aliphatic carbocycles. The highest BCUT2D eigenvalue weighted by Crippen LogP contribution is 2.21. The summed E-state index contributed by atoms with van der Waals surface area (Å²) >= 11 is 0. The topological polar surface area (TPSA) is 109 Å². The molecule has 1 aliphatic rings. The van der Waals surface area contributed by atoms with Crippen molar-refractivity contribution in [3.8, 4) is 0 Å². The van der Waals surface area contributed by atoms with E-state index < -0.39 is 10.2 Å². The van der Waals surface area contributed by atoms with E-state index in [4.69, 9.17) is 0 Å². The highest BCUT2D eigenvalue weighted by atomic mass is 32.2. The number of aryl methyl sites for hydroxylation is 1. The molecule has 0 aromatic carbocycles. The second-order valence-electron chi connectivity index (χ2n) is 7.31. The molecule has 28 heavy (non-hydrogen) atoms. The van der Waals surface area contributed by atoms with Crippen LogP contribution in [0.5, 0.6) is 0 Å². The Labute approximate surface area is 165 Å². The summed E-state index contributed by atoms with van der Waals surface area (Å²) in [5.41, 5.74) is 0.404. The van der Waals surface area contributed by atoms with E-state index in [2.05, 4.69) is 20.0 Å². The zero-order valence-corrected chi connectivity index (χ0v) is 17.2. The monoisotopic (exact) mass is 408 g/mol. The average Bonchev–Trinajstić information content (AvgIpc) is 2.67.